The van der Waals surface area contributed by atoms with Gasteiger partial charge in [0.2, 0.25) is 0 Å². The van der Waals surface area contributed by atoms with Gasteiger partial charge >= 0.3 is 13.8 Å². The van der Waals surface area contributed by atoms with Crippen LogP contribution in [0.1, 0.15) is 251 Å². The van der Waals surface area contributed by atoms with Crippen LogP contribution in [-0.4, -0.2) is 98.9 Å². The first kappa shape index (κ1) is 63.8. The van der Waals surface area contributed by atoms with Gasteiger partial charge in [0.15, 0.2) is 0 Å². The molecule has 0 aromatic heterocycles. The number of allylic oxidation sites excluding steroid dienone is 4. The van der Waals surface area contributed by atoms with Gasteiger partial charge in [0.25, 0.3) is 0 Å². The molecule has 67 heavy (non-hydrogen) atoms. The number of phosphoric acid groups is 1. The highest BCUT2D eigenvalue weighted by Gasteiger charge is 2.51. The first-order chi connectivity index (χ1) is 32.5. The third-order valence-corrected chi connectivity index (χ3v) is 14.0. The molecular formula is C54H103O12P. The summed E-state index contributed by atoms with van der Waals surface area (Å²) < 4.78 is 34.4. The van der Waals surface area contributed by atoms with Gasteiger partial charge in [-0.3, -0.25) is 13.8 Å². The first-order valence-electron chi connectivity index (χ1n) is 27.7. The van der Waals surface area contributed by atoms with E-state index in [2.05, 4.69) is 38.2 Å². The molecule has 1 fully saturated rings. The molecule has 1 aliphatic rings. The number of carbonyl (C=O) groups excluding carboxylic acids is 1. The summed E-state index contributed by atoms with van der Waals surface area (Å²) in [5.74, 6) is -0.478. The molecule has 0 aromatic carbocycles. The summed E-state index contributed by atoms with van der Waals surface area (Å²) in [5.41, 5.74) is 0. The number of rotatable bonds is 48. The molecule has 0 spiro atoms. The quantitative estimate of drug-likeness (QED) is 0.0147. The van der Waals surface area contributed by atoms with Crippen LogP contribution < -0.4 is 0 Å². The highest BCUT2D eigenvalue weighted by molar-refractivity contribution is 7.47. The Balaban J connectivity index is 2.30. The third-order valence-electron chi connectivity index (χ3n) is 13.0. The van der Waals surface area contributed by atoms with Crippen molar-refractivity contribution < 1.29 is 58.3 Å². The van der Waals surface area contributed by atoms with Crippen molar-refractivity contribution >= 4 is 13.8 Å². The largest absolute Gasteiger partial charge is 0.472 e. The third kappa shape index (κ3) is 36.4. The summed E-state index contributed by atoms with van der Waals surface area (Å²) in [7, 11) is -5.02. The Morgan fingerprint density at radius 3 is 1.18 bits per heavy atom. The van der Waals surface area contributed by atoms with Crippen molar-refractivity contribution in [3.05, 3.63) is 24.3 Å². The number of unbranched alkanes of at least 4 members (excludes halogenated alkanes) is 32. The van der Waals surface area contributed by atoms with E-state index in [1.807, 2.05) is 0 Å². The number of phosphoric ester groups is 1. The fourth-order valence-electron chi connectivity index (χ4n) is 8.64. The van der Waals surface area contributed by atoms with Crippen molar-refractivity contribution in [1.82, 2.24) is 0 Å². The number of hydrogen-bond donors (Lipinski definition) is 6. The zero-order valence-electron chi connectivity index (χ0n) is 42.7. The topological polar surface area (TPSA) is 192 Å². The fourth-order valence-corrected chi connectivity index (χ4v) is 9.61. The maximum absolute atomic E-state index is 12.9. The summed E-state index contributed by atoms with van der Waals surface area (Å²) in [6.07, 6.45) is 41.0. The summed E-state index contributed by atoms with van der Waals surface area (Å²) in [5, 5.41) is 50.4. The van der Waals surface area contributed by atoms with Gasteiger partial charge in [-0.05, 0) is 64.2 Å². The van der Waals surface area contributed by atoms with Gasteiger partial charge in [0, 0.05) is 13.0 Å². The van der Waals surface area contributed by atoms with E-state index in [4.69, 9.17) is 18.5 Å². The highest BCUT2D eigenvalue weighted by atomic mass is 31.2. The molecule has 0 saturated heterocycles. The minimum Gasteiger partial charge on any atom is -0.457 e. The molecule has 0 amide bonds. The Morgan fingerprint density at radius 2 is 0.791 bits per heavy atom. The number of ether oxygens (including phenoxy) is 2. The molecule has 6 unspecified atom stereocenters. The highest BCUT2D eigenvalue weighted by Crippen LogP contribution is 2.47. The van der Waals surface area contributed by atoms with Crippen molar-refractivity contribution in [2.45, 2.75) is 294 Å². The van der Waals surface area contributed by atoms with Crippen LogP contribution in [0.5, 0.6) is 0 Å². The van der Waals surface area contributed by atoms with Crippen molar-refractivity contribution in [3.63, 3.8) is 0 Å². The Hall–Kier alpha value is -1.18. The van der Waals surface area contributed by atoms with E-state index in [-0.39, 0.29) is 13.0 Å². The predicted molar refractivity (Wildman–Crippen MR) is 272 cm³/mol. The molecule has 0 aromatic rings. The molecule has 1 aliphatic carbocycles. The normalized spacial score (nSPS) is 21.4. The summed E-state index contributed by atoms with van der Waals surface area (Å²) in [6, 6.07) is 0. The lowest BCUT2D eigenvalue weighted by molar-refractivity contribution is -0.220. The smallest absolute Gasteiger partial charge is 0.457 e. The lowest BCUT2D eigenvalue weighted by Gasteiger charge is -2.41. The zero-order valence-corrected chi connectivity index (χ0v) is 43.6. The van der Waals surface area contributed by atoms with Gasteiger partial charge in [-0.1, -0.05) is 205 Å². The van der Waals surface area contributed by atoms with Gasteiger partial charge in [0.05, 0.1) is 13.2 Å². The average molecular weight is 975 g/mol. The number of aliphatic hydroxyl groups is 5. The van der Waals surface area contributed by atoms with Crippen molar-refractivity contribution in [2.75, 3.05) is 19.8 Å². The zero-order chi connectivity index (χ0) is 49.1. The first-order valence-corrected chi connectivity index (χ1v) is 29.2. The van der Waals surface area contributed by atoms with Gasteiger partial charge in [-0.2, -0.15) is 0 Å². The molecule has 12 nitrogen and oxygen atoms in total. The Bertz CT molecular complexity index is 1200. The molecular weight excluding hydrogens is 872 g/mol. The molecule has 13 heteroatoms. The number of aliphatic hydroxyl groups excluding tert-OH is 5. The molecule has 0 bridgehead atoms. The second kappa shape index (κ2) is 44.7. The predicted octanol–water partition coefficient (Wildman–Crippen LogP) is 12.8. The van der Waals surface area contributed by atoms with E-state index >= 15 is 0 Å². The summed E-state index contributed by atoms with van der Waals surface area (Å²) >= 11 is 0. The standard InChI is InChI=1S/C54H103O12P/c1-3-5-7-9-11-13-15-17-19-21-23-24-25-26-28-30-32-34-36-38-40-42-44-63-45-47(46-64-67(61,62)66-54-52(59)50(57)49(56)51(58)53(54)60)65-48(55)43-41-39-37-35-33-31-29-27-22-20-18-16-14-12-10-8-6-4-2/h20-23,47,49-54,56-60H,3-19,24-46H2,1-2H3,(H,61,62)/b22-20-,23-21-. The summed E-state index contributed by atoms with van der Waals surface area (Å²) in [6.45, 7) is 4.29. The number of esters is 1. The maximum Gasteiger partial charge on any atom is 0.472 e. The molecule has 396 valence electrons. The lowest BCUT2D eigenvalue weighted by Crippen LogP contribution is -2.64. The van der Waals surface area contributed by atoms with Crippen LogP contribution in [-0.2, 0) is 27.9 Å². The minimum atomic E-state index is -5.02. The number of carbonyl (C=O) groups is 1. The van der Waals surface area contributed by atoms with Crippen LogP contribution in [0.15, 0.2) is 24.3 Å². The van der Waals surface area contributed by atoms with E-state index < -0.39 is 63.1 Å². The Labute approximate surface area is 409 Å². The van der Waals surface area contributed by atoms with Gasteiger partial charge in [-0.15, -0.1) is 0 Å². The SMILES string of the molecule is CCCCCCCCC/C=C\CCCCCCCCCC(=O)OC(COCCCCCCCCCCCC/C=C\CCCCCCCCCC)COP(=O)(O)OC1C(O)C(O)C(O)C(O)C1O. The van der Waals surface area contributed by atoms with E-state index in [1.54, 1.807) is 0 Å². The fraction of sp³-hybridized carbons (Fsp3) is 0.907. The van der Waals surface area contributed by atoms with E-state index in [1.165, 1.54) is 180 Å². The van der Waals surface area contributed by atoms with Gasteiger partial charge < -0.3 is 39.9 Å². The van der Waals surface area contributed by atoms with Gasteiger partial charge in [-0.25, -0.2) is 4.57 Å². The van der Waals surface area contributed by atoms with Crippen LogP contribution in [0.2, 0.25) is 0 Å². The minimum absolute atomic E-state index is 0.0760. The van der Waals surface area contributed by atoms with Crippen LogP contribution >= 0.6 is 7.82 Å². The summed E-state index contributed by atoms with van der Waals surface area (Å²) in [4.78, 5) is 23.3. The van der Waals surface area contributed by atoms with Crippen LogP contribution in [0.25, 0.3) is 0 Å². The molecule has 0 heterocycles. The number of hydrogen-bond acceptors (Lipinski definition) is 11. The second-order valence-corrected chi connectivity index (χ2v) is 20.8. The average Bonchev–Trinajstić information content (AvgIpc) is 3.31. The maximum atomic E-state index is 12.9. The second-order valence-electron chi connectivity index (χ2n) is 19.4. The molecule has 0 aliphatic heterocycles. The van der Waals surface area contributed by atoms with Gasteiger partial charge in [0.1, 0.15) is 42.7 Å². The van der Waals surface area contributed by atoms with E-state index in [9.17, 15) is 39.8 Å². The Morgan fingerprint density at radius 1 is 0.463 bits per heavy atom. The van der Waals surface area contributed by atoms with Crippen molar-refractivity contribution in [1.29, 1.82) is 0 Å². The lowest BCUT2D eigenvalue weighted by atomic mass is 9.85. The molecule has 0 radical (unpaired) electrons. The molecule has 1 rings (SSSR count). The molecule has 6 N–H and O–H groups in total. The molecule has 6 atom stereocenters. The Kier molecular flexibility index (Phi) is 42.6. The van der Waals surface area contributed by atoms with E-state index in [0.717, 1.165) is 44.9 Å². The monoisotopic (exact) mass is 975 g/mol. The van der Waals surface area contributed by atoms with Crippen molar-refractivity contribution in [2.24, 2.45) is 0 Å². The van der Waals surface area contributed by atoms with Crippen LogP contribution in [0.4, 0.5) is 0 Å². The van der Waals surface area contributed by atoms with E-state index in [0.29, 0.717) is 13.0 Å². The van der Waals surface area contributed by atoms with Crippen molar-refractivity contribution in [3.8, 4) is 0 Å². The van der Waals surface area contributed by atoms with Crippen LogP contribution in [0, 0.1) is 0 Å². The molecule has 1 saturated carbocycles. The van der Waals surface area contributed by atoms with Crippen LogP contribution in [0.3, 0.4) is 0 Å².